The van der Waals surface area contributed by atoms with Gasteiger partial charge >= 0.3 is 5.97 Å². The van der Waals surface area contributed by atoms with E-state index in [0.717, 1.165) is 18.4 Å². The van der Waals surface area contributed by atoms with Gasteiger partial charge in [-0.15, -0.1) is 0 Å². The van der Waals surface area contributed by atoms with Crippen LogP contribution in [0.15, 0.2) is 18.2 Å². The molecule has 0 heterocycles. The van der Waals surface area contributed by atoms with Crippen molar-refractivity contribution in [3.05, 3.63) is 33.9 Å². The maximum absolute atomic E-state index is 10.8. The number of carboxylic acid groups (broad SMARTS) is 1. The number of hydrogen-bond acceptors (Lipinski definition) is 4. The van der Waals surface area contributed by atoms with Crippen molar-refractivity contribution < 1.29 is 19.6 Å². The molecule has 6 nitrogen and oxygen atoms in total. The number of hydrogen-bond donors (Lipinski definition) is 1. The van der Waals surface area contributed by atoms with Crippen LogP contribution < -0.4 is 4.74 Å². The third-order valence-corrected chi connectivity index (χ3v) is 2.89. The van der Waals surface area contributed by atoms with Crippen LogP contribution in [0.25, 0.3) is 0 Å². The standard InChI is InChI=1S/C12H13NO5/c14-12(15)10-4-3-9(7-11(10)13(16)17)18-6-5-8-1-2-8/h3-4,7-8H,1-2,5-6H2,(H,14,15). The molecule has 0 aliphatic heterocycles. The minimum absolute atomic E-state index is 0.324. The molecule has 0 saturated heterocycles. The van der Waals surface area contributed by atoms with Gasteiger partial charge in [0.25, 0.3) is 5.69 Å². The van der Waals surface area contributed by atoms with Crippen LogP contribution in [0.1, 0.15) is 29.6 Å². The summed E-state index contributed by atoms with van der Waals surface area (Å²) in [6.07, 6.45) is 3.39. The Kier molecular flexibility index (Phi) is 3.45. The van der Waals surface area contributed by atoms with Gasteiger partial charge in [0.05, 0.1) is 17.6 Å². The molecule has 18 heavy (non-hydrogen) atoms. The highest BCUT2D eigenvalue weighted by Crippen LogP contribution is 2.32. The Labute approximate surface area is 103 Å². The van der Waals surface area contributed by atoms with Gasteiger partial charge < -0.3 is 9.84 Å². The summed E-state index contributed by atoms with van der Waals surface area (Å²) in [4.78, 5) is 20.8. The summed E-state index contributed by atoms with van der Waals surface area (Å²) in [6.45, 7) is 0.508. The molecule has 0 aromatic heterocycles. The second kappa shape index (κ2) is 5.03. The van der Waals surface area contributed by atoms with E-state index in [2.05, 4.69) is 0 Å². The van der Waals surface area contributed by atoms with E-state index in [1.54, 1.807) is 0 Å². The Balaban J connectivity index is 2.08. The Hall–Kier alpha value is -2.11. The van der Waals surface area contributed by atoms with Crippen molar-refractivity contribution >= 4 is 11.7 Å². The van der Waals surface area contributed by atoms with Crippen LogP contribution in [0.4, 0.5) is 5.69 Å². The number of nitrogens with zero attached hydrogens (tertiary/aromatic N) is 1. The third kappa shape index (κ3) is 2.97. The maximum atomic E-state index is 10.8. The number of nitro benzene ring substituents is 1. The van der Waals surface area contributed by atoms with Crippen LogP contribution in [0, 0.1) is 16.0 Å². The number of carboxylic acids is 1. The smallest absolute Gasteiger partial charge is 0.342 e. The molecular weight excluding hydrogens is 238 g/mol. The number of nitro groups is 1. The van der Waals surface area contributed by atoms with E-state index in [1.807, 2.05) is 0 Å². The lowest BCUT2D eigenvalue weighted by atomic mass is 10.2. The minimum atomic E-state index is -1.31. The Morgan fingerprint density at radius 3 is 2.78 bits per heavy atom. The van der Waals surface area contributed by atoms with Gasteiger partial charge in [-0.2, -0.15) is 0 Å². The summed E-state index contributed by atoms with van der Waals surface area (Å²) >= 11 is 0. The average molecular weight is 251 g/mol. The Morgan fingerprint density at radius 2 is 2.22 bits per heavy atom. The summed E-state index contributed by atoms with van der Waals surface area (Å²) in [6, 6.07) is 3.81. The van der Waals surface area contributed by atoms with Crippen LogP contribution >= 0.6 is 0 Å². The van der Waals surface area contributed by atoms with Gasteiger partial charge in [0.2, 0.25) is 0 Å². The summed E-state index contributed by atoms with van der Waals surface area (Å²) in [5, 5.41) is 19.6. The largest absolute Gasteiger partial charge is 0.493 e. The first-order valence-corrected chi connectivity index (χ1v) is 5.72. The van der Waals surface area contributed by atoms with E-state index in [9.17, 15) is 14.9 Å². The first-order valence-electron chi connectivity index (χ1n) is 5.72. The van der Waals surface area contributed by atoms with Gasteiger partial charge in [-0.05, 0) is 24.5 Å². The molecule has 0 bridgehead atoms. The molecule has 1 aromatic carbocycles. The predicted octanol–water partition coefficient (Wildman–Crippen LogP) is 2.47. The topological polar surface area (TPSA) is 89.7 Å². The molecule has 96 valence electrons. The summed E-state index contributed by atoms with van der Waals surface area (Å²) in [5.74, 6) is -0.253. The molecule has 1 aliphatic rings. The van der Waals surface area contributed by atoms with Gasteiger partial charge in [-0.3, -0.25) is 10.1 Å². The third-order valence-electron chi connectivity index (χ3n) is 2.89. The lowest BCUT2D eigenvalue weighted by molar-refractivity contribution is -0.385. The molecule has 2 rings (SSSR count). The fourth-order valence-corrected chi connectivity index (χ4v) is 1.68. The molecule has 6 heteroatoms. The van der Waals surface area contributed by atoms with Crippen LogP contribution in [0.3, 0.4) is 0 Å². The quantitative estimate of drug-likeness (QED) is 0.619. The molecule has 0 spiro atoms. The lowest BCUT2D eigenvalue weighted by Gasteiger charge is -2.06. The predicted molar refractivity (Wildman–Crippen MR) is 62.9 cm³/mol. The van der Waals surface area contributed by atoms with Crippen LogP contribution in [-0.4, -0.2) is 22.6 Å². The molecule has 0 amide bonds. The number of carbonyl (C=O) groups is 1. The molecule has 1 N–H and O–H groups in total. The zero-order valence-electron chi connectivity index (χ0n) is 9.67. The van der Waals surface area contributed by atoms with Crippen molar-refractivity contribution in [3.8, 4) is 5.75 Å². The number of benzene rings is 1. The Morgan fingerprint density at radius 1 is 1.50 bits per heavy atom. The van der Waals surface area contributed by atoms with Crippen molar-refractivity contribution in [2.75, 3.05) is 6.61 Å². The van der Waals surface area contributed by atoms with Gasteiger partial charge in [-0.25, -0.2) is 4.79 Å². The number of ether oxygens (including phenoxy) is 1. The fraction of sp³-hybridized carbons (Fsp3) is 0.417. The number of rotatable bonds is 6. The van der Waals surface area contributed by atoms with E-state index in [0.29, 0.717) is 12.4 Å². The lowest BCUT2D eigenvalue weighted by Crippen LogP contribution is -2.04. The molecule has 0 atom stereocenters. The molecular formula is C12H13NO5. The Bertz CT molecular complexity index is 481. The molecule has 0 radical (unpaired) electrons. The fourth-order valence-electron chi connectivity index (χ4n) is 1.68. The van der Waals surface area contributed by atoms with Crippen molar-refractivity contribution in [2.24, 2.45) is 5.92 Å². The molecule has 1 aliphatic carbocycles. The SMILES string of the molecule is O=C(O)c1ccc(OCCC2CC2)cc1[N+](=O)[O-]. The van der Waals surface area contributed by atoms with Crippen molar-refractivity contribution in [1.29, 1.82) is 0 Å². The van der Waals surface area contributed by atoms with Crippen LogP contribution in [-0.2, 0) is 0 Å². The van der Waals surface area contributed by atoms with Gasteiger partial charge in [-0.1, -0.05) is 12.8 Å². The highest BCUT2D eigenvalue weighted by atomic mass is 16.6. The van der Waals surface area contributed by atoms with Gasteiger partial charge in [0.1, 0.15) is 11.3 Å². The van der Waals surface area contributed by atoms with E-state index in [4.69, 9.17) is 9.84 Å². The summed E-state index contributed by atoms with van der Waals surface area (Å²) in [7, 11) is 0. The highest BCUT2D eigenvalue weighted by molar-refractivity contribution is 5.92. The zero-order chi connectivity index (χ0) is 13.1. The first-order chi connectivity index (χ1) is 8.58. The second-order valence-electron chi connectivity index (χ2n) is 4.32. The first kappa shape index (κ1) is 12.3. The summed E-state index contributed by atoms with van der Waals surface area (Å²) in [5.41, 5.74) is -0.763. The van der Waals surface area contributed by atoms with Gasteiger partial charge in [0.15, 0.2) is 0 Å². The van der Waals surface area contributed by atoms with Crippen molar-refractivity contribution in [2.45, 2.75) is 19.3 Å². The molecule has 0 unspecified atom stereocenters. The van der Waals surface area contributed by atoms with Gasteiger partial charge in [0, 0.05) is 0 Å². The summed E-state index contributed by atoms with van der Waals surface area (Å²) < 4.78 is 5.39. The minimum Gasteiger partial charge on any atom is -0.493 e. The van der Waals surface area contributed by atoms with E-state index >= 15 is 0 Å². The molecule has 1 aromatic rings. The van der Waals surface area contributed by atoms with Crippen LogP contribution in [0.5, 0.6) is 5.75 Å². The number of aromatic carboxylic acids is 1. The highest BCUT2D eigenvalue weighted by Gasteiger charge is 2.22. The average Bonchev–Trinajstić information content (AvgIpc) is 3.12. The second-order valence-corrected chi connectivity index (χ2v) is 4.32. The monoisotopic (exact) mass is 251 g/mol. The molecule has 1 fully saturated rings. The van der Waals surface area contributed by atoms with Crippen LogP contribution in [0.2, 0.25) is 0 Å². The van der Waals surface area contributed by atoms with Crippen molar-refractivity contribution in [3.63, 3.8) is 0 Å². The van der Waals surface area contributed by atoms with E-state index in [-0.39, 0.29) is 5.56 Å². The van der Waals surface area contributed by atoms with E-state index < -0.39 is 16.6 Å². The van der Waals surface area contributed by atoms with E-state index in [1.165, 1.54) is 25.0 Å². The zero-order valence-corrected chi connectivity index (χ0v) is 9.67. The van der Waals surface area contributed by atoms with Crippen molar-refractivity contribution in [1.82, 2.24) is 0 Å². The normalized spacial score (nSPS) is 14.2. The molecule has 1 saturated carbocycles. The maximum Gasteiger partial charge on any atom is 0.342 e.